The minimum atomic E-state index is -0.239. The molecule has 0 saturated heterocycles. The van der Waals surface area contributed by atoms with E-state index in [1.54, 1.807) is 12.4 Å². The third-order valence-corrected chi connectivity index (χ3v) is 2.17. The van der Waals surface area contributed by atoms with Gasteiger partial charge in [0.05, 0.1) is 6.10 Å². The molecule has 1 aromatic rings. The van der Waals surface area contributed by atoms with Crippen molar-refractivity contribution in [1.82, 2.24) is 4.98 Å². The van der Waals surface area contributed by atoms with Gasteiger partial charge in [0, 0.05) is 12.4 Å². The summed E-state index contributed by atoms with van der Waals surface area (Å²) in [5.74, 6) is 0. The van der Waals surface area contributed by atoms with E-state index in [2.05, 4.69) is 11.6 Å². The summed E-state index contributed by atoms with van der Waals surface area (Å²) in [5, 5.41) is 9.67. The van der Waals surface area contributed by atoms with Crippen molar-refractivity contribution in [1.29, 1.82) is 0 Å². The molecule has 0 bridgehead atoms. The first-order valence-electron chi connectivity index (χ1n) is 5.01. The van der Waals surface area contributed by atoms with Gasteiger partial charge in [-0.1, -0.05) is 6.08 Å². The maximum Gasteiger partial charge on any atom is 0.0580 e. The van der Waals surface area contributed by atoms with E-state index in [-0.39, 0.29) is 6.10 Å². The summed E-state index contributed by atoms with van der Waals surface area (Å²) in [6.07, 6.45) is 8.71. The lowest BCUT2D eigenvalue weighted by atomic mass is 10.0. The molecular weight excluding hydrogens is 174 g/mol. The molecule has 0 spiro atoms. The van der Waals surface area contributed by atoms with Crippen molar-refractivity contribution in [3.63, 3.8) is 0 Å². The van der Waals surface area contributed by atoms with E-state index in [4.69, 9.17) is 0 Å². The van der Waals surface area contributed by atoms with E-state index >= 15 is 0 Å². The number of hydrogen-bond donors (Lipinski definition) is 1. The Morgan fingerprint density at radius 1 is 1.43 bits per heavy atom. The number of rotatable bonds is 6. The van der Waals surface area contributed by atoms with Crippen LogP contribution in [0.5, 0.6) is 0 Å². The van der Waals surface area contributed by atoms with E-state index in [1.165, 1.54) is 0 Å². The highest BCUT2D eigenvalue weighted by molar-refractivity contribution is 5.10. The molecule has 1 unspecified atom stereocenters. The van der Waals surface area contributed by atoms with Gasteiger partial charge >= 0.3 is 0 Å². The summed E-state index contributed by atoms with van der Waals surface area (Å²) in [6, 6.07) is 3.88. The van der Waals surface area contributed by atoms with Crippen LogP contribution in [0, 0.1) is 0 Å². The van der Waals surface area contributed by atoms with Crippen LogP contribution in [0.2, 0.25) is 0 Å². The smallest absolute Gasteiger partial charge is 0.0580 e. The molecule has 0 radical (unpaired) electrons. The van der Waals surface area contributed by atoms with Crippen molar-refractivity contribution < 1.29 is 5.11 Å². The van der Waals surface area contributed by atoms with Gasteiger partial charge in [0.25, 0.3) is 0 Å². The normalized spacial score (nSPS) is 12.4. The minimum absolute atomic E-state index is 0.239. The molecule has 2 heteroatoms. The second-order valence-corrected chi connectivity index (χ2v) is 3.43. The molecular formula is C12H17NO. The summed E-state index contributed by atoms with van der Waals surface area (Å²) in [5.41, 5.74) is 1.14. The van der Waals surface area contributed by atoms with Crippen LogP contribution in [0.25, 0.3) is 0 Å². The predicted molar refractivity (Wildman–Crippen MR) is 58.0 cm³/mol. The molecule has 0 aromatic carbocycles. The highest BCUT2D eigenvalue weighted by Gasteiger charge is 2.04. The van der Waals surface area contributed by atoms with Crippen LogP contribution in [0.4, 0.5) is 0 Å². The molecule has 1 N–H and O–H groups in total. The van der Waals surface area contributed by atoms with Crippen molar-refractivity contribution >= 4 is 0 Å². The van der Waals surface area contributed by atoms with Crippen molar-refractivity contribution in [2.45, 2.75) is 31.8 Å². The summed E-state index contributed by atoms with van der Waals surface area (Å²) >= 11 is 0. The van der Waals surface area contributed by atoms with Gasteiger partial charge in [0.15, 0.2) is 0 Å². The van der Waals surface area contributed by atoms with E-state index in [0.29, 0.717) is 0 Å². The quantitative estimate of drug-likeness (QED) is 0.553. The standard InChI is InChI=1S/C12H17NO/c1-2-3-4-5-12(14)10-11-6-8-13-9-7-11/h2,6-9,12,14H,1,3-5,10H2. The Bertz CT molecular complexity index is 258. The minimum Gasteiger partial charge on any atom is -0.393 e. The van der Waals surface area contributed by atoms with Gasteiger partial charge in [-0.2, -0.15) is 0 Å². The average Bonchev–Trinajstić information content (AvgIpc) is 2.20. The van der Waals surface area contributed by atoms with Gasteiger partial charge in [-0.05, 0) is 43.4 Å². The second-order valence-electron chi connectivity index (χ2n) is 3.43. The molecule has 76 valence electrons. The first-order chi connectivity index (χ1) is 6.83. The fourth-order valence-corrected chi connectivity index (χ4v) is 1.39. The zero-order chi connectivity index (χ0) is 10.2. The van der Waals surface area contributed by atoms with Crippen LogP contribution in [0.1, 0.15) is 24.8 Å². The topological polar surface area (TPSA) is 33.1 Å². The molecule has 1 rings (SSSR count). The highest BCUT2D eigenvalue weighted by atomic mass is 16.3. The van der Waals surface area contributed by atoms with Crippen LogP contribution in [0.15, 0.2) is 37.2 Å². The first-order valence-corrected chi connectivity index (χ1v) is 5.01. The van der Waals surface area contributed by atoms with Crippen molar-refractivity contribution in [3.8, 4) is 0 Å². The Labute approximate surface area is 85.3 Å². The summed E-state index contributed by atoms with van der Waals surface area (Å²) in [7, 11) is 0. The first kappa shape index (κ1) is 10.9. The van der Waals surface area contributed by atoms with E-state index in [0.717, 1.165) is 31.2 Å². The Balaban J connectivity index is 2.26. The van der Waals surface area contributed by atoms with E-state index < -0.39 is 0 Å². The largest absolute Gasteiger partial charge is 0.393 e. The summed E-state index contributed by atoms with van der Waals surface area (Å²) in [4.78, 5) is 3.93. The predicted octanol–water partition coefficient (Wildman–Crippen LogP) is 2.34. The number of hydrogen-bond acceptors (Lipinski definition) is 2. The van der Waals surface area contributed by atoms with E-state index in [1.807, 2.05) is 18.2 Å². The number of aromatic nitrogens is 1. The maximum atomic E-state index is 9.67. The van der Waals surface area contributed by atoms with Gasteiger partial charge < -0.3 is 5.11 Å². The van der Waals surface area contributed by atoms with Crippen molar-refractivity contribution in [2.24, 2.45) is 0 Å². The molecule has 0 aliphatic heterocycles. The zero-order valence-electron chi connectivity index (χ0n) is 8.39. The number of aliphatic hydroxyl groups is 1. The highest BCUT2D eigenvalue weighted by Crippen LogP contribution is 2.07. The number of pyridine rings is 1. The van der Waals surface area contributed by atoms with Crippen molar-refractivity contribution in [3.05, 3.63) is 42.7 Å². The lowest BCUT2D eigenvalue weighted by Gasteiger charge is -2.09. The fourth-order valence-electron chi connectivity index (χ4n) is 1.39. The molecule has 0 fully saturated rings. The Kier molecular flexibility index (Phi) is 4.94. The third kappa shape index (κ3) is 4.19. The Morgan fingerprint density at radius 3 is 2.79 bits per heavy atom. The SMILES string of the molecule is C=CCCCC(O)Cc1ccncc1. The van der Waals surface area contributed by atoms with Crippen LogP contribution in [-0.2, 0) is 6.42 Å². The van der Waals surface area contributed by atoms with Gasteiger partial charge in [-0.3, -0.25) is 4.98 Å². The van der Waals surface area contributed by atoms with Crippen LogP contribution >= 0.6 is 0 Å². The molecule has 0 aliphatic rings. The lowest BCUT2D eigenvalue weighted by molar-refractivity contribution is 0.162. The molecule has 1 atom stereocenters. The summed E-state index contributed by atoms with van der Waals surface area (Å²) in [6.45, 7) is 3.65. The zero-order valence-corrected chi connectivity index (χ0v) is 8.39. The number of allylic oxidation sites excluding steroid dienone is 1. The second kappa shape index (κ2) is 6.33. The summed E-state index contributed by atoms with van der Waals surface area (Å²) < 4.78 is 0. The molecule has 1 heterocycles. The van der Waals surface area contributed by atoms with Gasteiger partial charge in [0.1, 0.15) is 0 Å². The van der Waals surface area contributed by atoms with Crippen LogP contribution in [-0.4, -0.2) is 16.2 Å². The molecule has 1 aromatic heterocycles. The van der Waals surface area contributed by atoms with Crippen molar-refractivity contribution in [2.75, 3.05) is 0 Å². The monoisotopic (exact) mass is 191 g/mol. The number of nitrogens with zero attached hydrogens (tertiary/aromatic N) is 1. The van der Waals surface area contributed by atoms with E-state index in [9.17, 15) is 5.11 Å². The average molecular weight is 191 g/mol. The number of unbranched alkanes of at least 4 members (excludes halogenated alkanes) is 1. The fraction of sp³-hybridized carbons (Fsp3) is 0.417. The van der Waals surface area contributed by atoms with Gasteiger partial charge in [0.2, 0.25) is 0 Å². The third-order valence-electron chi connectivity index (χ3n) is 2.17. The van der Waals surface area contributed by atoms with Crippen LogP contribution < -0.4 is 0 Å². The molecule has 14 heavy (non-hydrogen) atoms. The number of aliphatic hydroxyl groups excluding tert-OH is 1. The lowest BCUT2D eigenvalue weighted by Crippen LogP contribution is -2.09. The van der Waals surface area contributed by atoms with Crippen LogP contribution in [0.3, 0.4) is 0 Å². The molecule has 0 saturated carbocycles. The maximum absolute atomic E-state index is 9.67. The van der Waals surface area contributed by atoms with Gasteiger partial charge in [-0.15, -0.1) is 6.58 Å². The Hall–Kier alpha value is -1.15. The molecule has 2 nitrogen and oxygen atoms in total. The van der Waals surface area contributed by atoms with Gasteiger partial charge in [-0.25, -0.2) is 0 Å². The Morgan fingerprint density at radius 2 is 2.14 bits per heavy atom. The molecule has 0 aliphatic carbocycles. The molecule has 0 amide bonds.